The highest BCUT2D eigenvalue weighted by Gasteiger charge is 2.15. The number of hydrogen-bond acceptors (Lipinski definition) is 4. The third-order valence-corrected chi connectivity index (χ3v) is 4.05. The minimum atomic E-state index is -0.929. The zero-order chi connectivity index (χ0) is 16.8. The van der Waals surface area contributed by atoms with E-state index < -0.39 is 16.4 Å². The van der Waals surface area contributed by atoms with E-state index in [0.717, 1.165) is 17.7 Å². The van der Waals surface area contributed by atoms with Gasteiger partial charge in [0.05, 0.1) is 10.7 Å². The van der Waals surface area contributed by atoms with Crippen LogP contribution in [-0.4, -0.2) is 16.6 Å². The number of anilines is 1. The summed E-state index contributed by atoms with van der Waals surface area (Å²) in [7, 11) is 0. The number of aryl methyl sites for hydroxylation is 1. The van der Waals surface area contributed by atoms with Gasteiger partial charge in [0.25, 0.3) is 0 Å². The monoisotopic (exact) mass is 334 g/mol. The van der Waals surface area contributed by atoms with E-state index in [4.69, 9.17) is 0 Å². The third-order valence-electron chi connectivity index (χ3n) is 3.05. The van der Waals surface area contributed by atoms with Gasteiger partial charge in [-0.1, -0.05) is 29.8 Å². The van der Waals surface area contributed by atoms with E-state index in [1.807, 2.05) is 31.2 Å². The summed E-state index contributed by atoms with van der Waals surface area (Å²) in [6.45, 7) is 2.01. The van der Waals surface area contributed by atoms with Crippen LogP contribution in [0.25, 0.3) is 0 Å². The quantitative estimate of drug-likeness (QED) is 0.642. The number of hydrogen-bond donors (Lipinski definition) is 1. The van der Waals surface area contributed by atoms with Gasteiger partial charge in [-0.3, -0.25) is 14.9 Å². The van der Waals surface area contributed by atoms with Crippen LogP contribution in [0.5, 0.6) is 0 Å². The Kier molecular flexibility index (Phi) is 5.70. The Morgan fingerprint density at radius 1 is 1.26 bits per heavy atom. The average molecular weight is 334 g/mol. The second-order valence-corrected chi connectivity index (χ2v) is 5.94. The largest absolute Gasteiger partial charge is 0.325 e. The molecule has 2 rings (SSSR count). The third kappa shape index (κ3) is 5.07. The Bertz CT molecular complexity index is 720. The SMILES string of the molecule is Cc1ccc(CSCC(=O)Nc2ccc(F)c([N+](=O)[O-])c2)cc1. The summed E-state index contributed by atoms with van der Waals surface area (Å²) in [6, 6.07) is 11.3. The van der Waals surface area contributed by atoms with Crippen molar-refractivity contribution in [3.05, 3.63) is 69.5 Å². The van der Waals surface area contributed by atoms with Gasteiger partial charge in [-0.2, -0.15) is 4.39 Å². The number of carbonyl (C=O) groups is 1. The molecule has 0 aliphatic carbocycles. The fourth-order valence-electron chi connectivity index (χ4n) is 1.87. The molecule has 0 spiro atoms. The topological polar surface area (TPSA) is 72.2 Å². The molecule has 0 unspecified atom stereocenters. The van der Waals surface area contributed by atoms with Gasteiger partial charge in [0.1, 0.15) is 0 Å². The number of nitrogens with zero attached hydrogens (tertiary/aromatic N) is 1. The molecule has 1 N–H and O–H groups in total. The fraction of sp³-hybridized carbons (Fsp3) is 0.188. The summed E-state index contributed by atoms with van der Waals surface area (Å²) in [5.74, 6) is -0.319. The van der Waals surface area contributed by atoms with Crippen molar-refractivity contribution in [3.63, 3.8) is 0 Å². The number of amides is 1. The molecule has 0 saturated heterocycles. The molecule has 0 atom stereocenters. The van der Waals surface area contributed by atoms with Gasteiger partial charge in [-0.25, -0.2) is 0 Å². The smallest absolute Gasteiger partial charge is 0.306 e. The zero-order valence-electron chi connectivity index (χ0n) is 12.4. The minimum absolute atomic E-state index is 0.207. The van der Waals surface area contributed by atoms with E-state index >= 15 is 0 Å². The summed E-state index contributed by atoms with van der Waals surface area (Å²) in [6.07, 6.45) is 0. The molecule has 7 heteroatoms. The maximum Gasteiger partial charge on any atom is 0.306 e. The van der Waals surface area contributed by atoms with Gasteiger partial charge in [0.2, 0.25) is 11.7 Å². The molecule has 0 aliphatic rings. The lowest BCUT2D eigenvalue weighted by Gasteiger charge is -2.06. The number of rotatable bonds is 6. The second-order valence-electron chi connectivity index (χ2n) is 4.95. The molecule has 0 bridgehead atoms. The zero-order valence-corrected chi connectivity index (χ0v) is 13.2. The van der Waals surface area contributed by atoms with Gasteiger partial charge in [-0.05, 0) is 24.6 Å². The highest BCUT2D eigenvalue weighted by atomic mass is 32.2. The van der Waals surface area contributed by atoms with Crippen LogP contribution in [0.2, 0.25) is 0 Å². The summed E-state index contributed by atoms with van der Waals surface area (Å²) in [5.41, 5.74) is 1.84. The molecule has 0 radical (unpaired) electrons. The molecule has 0 aliphatic heterocycles. The Morgan fingerprint density at radius 3 is 2.61 bits per heavy atom. The van der Waals surface area contributed by atoms with E-state index in [0.29, 0.717) is 5.75 Å². The van der Waals surface area contributed by atoms with Crippen LogP contribution in [0.3, 0.4) is 0 Å². The standard InChI is InChI=1S/C16H15FN2O3S/c1-11-2-4-12(5-3-11)9-23-10-16(20)18-13-6-7-14(17)15(8-13)19(21)22/h2-8H,9-10H2,1H3,(H,18,20). The maximum absolute atomic E-state index is 13.2. The van der Waals surface area contributed by atoms with Crippen LogP contribution in [0.1, 0.15) is 11.1 Å². The van der Waals surface area contributed by atoms with E-state index in [1.54, 1.807) is 0 Å². The number of benzene rings is 2. The number of nitro benzene ring substituents is 1. The highest BCUT2D eigenvalue weighted by Crippen LogP contribution is 2.22. The predicted octanol–water partition coefficient (Wildman–Crippen LogP) is 3.91. The number of nitrogens with one attached hydrogen (secondary N) is 1. The van der Waals surface area contributed by atoms with Gasteiger partial charge < -0.3 is 5.32 Å². The molecule has 5 nitrogen and oxygen atoms in total. The van der Waals surface area contributed by atoms with Crippen LogP contribution >= 0.6 is 11.8 Å². The van der Waals surface area contributed by atoms with Crippen molar-refractivity contribution >= 4 is 29.0 Å². The summed E-state index contributed by atoms with van der Waals surface area (Å²) < 4.78 is 13.2. The Labute approximate surface area is 137 Å². The van der Waals surface area contributed by atoms with Gasteiger partial charge in [-0.15, -0.1) is 11.8 Å². The predicted molar refractivity (Wildman–Crippen MR) is 89.0 cm³/mol. The molecule has 0 fully saturated rings. The molecule has 0 saturated carbocycles. The summed E-state index contributed by atoms with van der Waals surface area (Å²) >= 11 is 1.43. The Balaban J connectivity index is 1.86. The lowest BCUT2D eigenvalue weighted by Crippen LogP contribution is -2.14. The molecule has 23 heavy (non-hydrogen) atoms. The Hall–Kier alpha value is -2.41. The highest BCUT2D eigenvalue weighted by molar-refractivity contribution is 7.99. The van der Waals surface area contributed by atoms with Crippen molar-refractivity contribution in [2.24, 2.45) is 0 Å². The van der Waals surface area contributed by atoms with Crippen molar-refractivity contribution in [3.8, 4) is 0 Å². The second kappa shape index (κ2) is 7.73. The molecular weight excluding hydrogens is 319 g/mol. The molecule has 1 amide bonds. The summed E-state index contributed by atoms with van der Waals surface area (Å²) in [5, 5.41) is 13.2. The van der Waals surface area contributed by atoms with E-state index in [-0.39, 0.29) is 17.3 Å². The lowest BCUT2D eigenvalue weighted by molar-refractivity contribution is -0.387. The van der Waals surface area contributed by atoms with E-state index in [1.165, 1.54) is 23.4 Å². The molecule has 120 valence electrons. The van der Waals surface area contributed by atoms with Crippen LogP contribution < -0.4 is 5.32 Å². The molecule has 2 aromatic rings. The molecular formula is C16H15FN2O3S. The van der Waals surface area contributed by atoms with Crippen molar-refractivity contribution in [1.82, 2.24) is 0 Å². The summed E-state index contributed by atoms with van der Waals surface area (Å²) in [4.78, 5) is 21.7. The maximum atomic E-state index is 13.2. The first-order chi connectivity index (χ1) is 11.0. The van der Waals surface area contributed by atoms with Crippen LogP contribution in [-0.2, 0) is 10.5 Å². The fourth-order valence-corrected chi connectivity index (χ4v) is 2.66. The first kappa shape index (κ1) is 17.0. The van der Waals surface area contributed by atoms with Crippen molar-refractivity contribution < 1.29 is 14.1 Å². The normalized spacial score (nSPS) is 10.3. The lowest BCUT2D eigenvalue weighted by atomic mass is 10.2. The van der Waals surface area contributed by atoms with Crippen molar-refractivity contribution in [2.45, 2.75) is 12.7 Å². The van der Waals surface area contributed by atoms with Gasteiger partial charge >= 0.3 is 5.69 Å². The number of thioether (sulfide) groups is 1. The van der Waals surface area contributed by atoms with E-state index in [9.17, 15) is 19.3 Å². The molecule has 0 heterocycles. The molecule has 2 aromatic carbocycles. The average Bonchev–Trinajstić information content (AvgIpc) is 2.51. The van der Waals surface area contributed by atoms with Crippen LogP contribution in [0.15, 0.2) is 42.5 Å². The first-order valence-electron chi connectivity index (χ1n) is 6.83. The first-order valence-corrected chi connectivity index (χ1v) is 7.98. The van der Waals surface area contributed by atoms with Crippen molar-refractivity contribution in [1.29, 1.82) is 0 Å². The van der Waals surface area contributed by atoms with E-state index in [2.05, 4.69) is 5.32 Å². The molecule has 0 aromatic heterocycles. The number of carbonyl (C=O) groups excluding carboxylic acids is 1. The van der Waals surface area contributed by atoms with Gasteiger partial charge in [0.15, 0.2) is 0 Å². The van der Waals surface area contributed by atoms with Gasteiger partial charge in [0, 0.05) is 17.5 Å². The Morgan fingerprint density at radius 2 is 1.96 bits per heavy atom. The van der Waals surface area contributed by atoms with Crippen LogP contribution in [0.4, 0.5) is 15.8 Å². The minimum Gasteiger partial charge on any atom is -0.325 e. The van der Waals surface area contributed by atoms with Crippen molar-refractivity contribution in [2.75, 3.05) is 11.1 Å². The number of halogens is 1. The van der Waals surface area contributed by atoms with Crippen LogP contribution in [0, 0.1) is 22.9 Å². The number of nitro groups is 1.